The second-order valence-electron chi connectivity index (χ2n) is 10.2. The number of furan rings is 2. The molecule has 0 spiro atoms. The van der Waals surface area contributed by atoms with Crippen LogP contribution in [0.2, 0.25) is 0 Å². The van der Waals surface area contributed by atoms with Crippen LogP contribution >= 0.6 is 0 Å². The summed E-state index contributed by atoms with van der Waals surface area (Å²) in [6.45, 7) is 0. The molecular formula is C38H20N2O2. The van der Waals surface area contributed by atoms with E-state index in [1.807, 2.05) is 103 Å². The fourth-order valence-corrected chi connectivity index (χ4v) is 6.16. The van der Waals surface area contributed by atoms with Gasteiger partial charge in [-0.1, -0.05) is 103 Å². The Morgan fingerprint density at radius 2 is 0.905 bits per heavy atom. The maximum Gasteiger partial charge on any atom is 0.143 e. The van der Waals surface area contributed by atoms with Crippen molar-refractivity contribution in [3.63, 3.8) is 0 Å². The lowest BCUT2D eigenvalue weighted by atomic mass is 9.84. The number of nitrogens with zero attached hydrogens (tertiary/aromatic N) is 2. The highest BCUT2D eigenvalue weighted by Crippen LogP contribution is 2.46. The Hall–Kier alpha value is -6.10. The number of benzene rings is 6. The Morgan fingerprint density at radius 3 is 1.52 bits per heavy atom. The molecule has 6 aromatic carbocycles. The monoisotopic (exact) mass is 536 g/mol. The van der Waals surface area contributed by atoms with E-state index >= 15 is 0 Å². The maximum absolute atomic E-state index is 10.8. The summed E-state index contributed by atoms with van der Waals surface area (Å²) in [5, 5.41) is 25.0. The molecule has 0 aliphatic carbocycles. The van der Waals surface area contributed by atoms with Crippen molar-refractivity contribution < 1.29 is 8.83 Å². The molecule has 194 valence electrons. The normalized spacial score (nSPS) is 11.3. The van der Waals surface area contributed by atoms with E-state index in [0.29, 0.717) is 22.3 Å². The zero-order chi connectivity index (χ0) is 28.2. The van der Waals surface area contributed by atoms with E-state index in [4.69, 9.17) is 8.83 Å². The number of nitriles is 2. The lowest BCUT2D eigenvalue weighted by Gasteiger charge is -2.17. The van der Waals surface area contributed by atoms with Gasteiger partial charge in [0, 0.05) is 49.4 Å². The smallest absolute Gasteiger partial charge is 0.143 e. The van der Waals surface area contributed by atoms with Crippen molar-refractivity contribution in [2.75, 3.05) is 0 Å². The fraction of sp³-hybridized carbons (Fsp3) is 0. The largest absolute Gasteiger partial charge is 0.455 e. The molecule has 0 bridgehead atoms. The number of para-hydroxylation sites is 4. The molecule has 0 aliphatic heterocycles. The lowest BCUT2D eigenvalue weighted by Crippen LogP contribution is -1.96. The SMILES string of the molecule is N#Cc1ccccc1-c1c(-c2cccc3c2oc2ccccc23)ccc(-c2cccc3c2oc2ccccc23)c1C#N. The first-order valence-corrected chi connectivity index (χ1v) is 13.6. The van der Waals surface area contributed by atoms with Crippen molar-refractivity contribution in [1.82, 2.24) is 0 Å². The molecule has 0 saturated carbocycles. The van der Waals surface area contributed by atoms with Crippen molar-refractivity contribution in [2.45, 2.75) is 0 Å². The molecule has 0 fully saturated rings. The van der Waals surface area contributed by atoms with Crippen LogP contribution in [-0.2, 0) is 0 Å². The second kappa shape index (κ2) is 9.24. The summed E-state index contributed by atoms with van der Waals surface area (Å²) in [6.07, 6.45) is 0. The average molecular weight is 537 g/mol. The van der Waals surface area contributed by atoms with Crippen LogP contribution in [0.25, 0.3) is 77.3 Å². The van der Waals surface area contributed by atoms with Gasteiger partial charge in [-0.05, 0) is 23.8 Å². The second-order valence-corrected chi connectivity index (χ2v) is 10.2. The Balaban J connectivity index is 1.49. The first kappa shape index (κ1) is 23.8. The van der Waals surface area contributed by atoms with E-state index in [1.165, 1.54) is 0 Å². The molecule has 42 heavy (non-hydrogen) atoms. The predicted molar refractivity (Wildman–Crippen MR) is 167 cm³/mol. The molecule has 0 radical (unpaired) electrons. The molecule has 0 atom stereocenters. The summed E-state index contributed by atoms with van der Waals surface area (Å²) < 4.78 is 12.8. The summed E-state index contributed by atoms with van der Waals surface area (Å²) >= 11 is 0. The molecule has 0 saturated heterocycles. The van der Waals surface area contributed by atoms with E-state index in [-0.39, 0.29) is 0 Å². The molecule has 0 aliphatic rings. The number of hydrogen-bond acceptors (Lipinski definition) is 4. The highest BCUT2D eigenvalue weighted by Gasteiger charge is 2.24. The summed E-state index contributed by atoms with van der Waals surface area (Å²) in [4.78, 5) is 0. The van der Waals surface area contributed by atoms with Crippen LogP contribution in [0.5, 0.6) is 0 Å². The Bertz CT molecular complexity index is 2450. The molecule has 8 rings (SSSR count). The van der Waals surface area contributed by atoms with E-state index in [9.17, 15) is 10.5 Å². The Morgan fingerprint density at radius 1 is 0.405 bits per heavy atom. The average Bonchev–Trinajstić information content (AvgIpc) is 3.63. The van der Waals surface area contributed by atoms with Gasteiger partial charge in [0.25, 0.3) is 0 Å². The predicted octanol–water partition coefficient (Wildman–Crippen LogP) is 10.2. The van der Waals surface area contributed by atoms with E-state index < -0.39 is 0 Å². The van der Waals surface area contributed by atoms with E-state index in [0.717, 1.165) is 66.1 Å². The summed E-state index contributed by atoms with van der Waals surface area (Å²) in [5.41, 5.74) is 8.64. The van der Waals surface area contributed by atoms with Crippen LogP contribution in [0.4, 0.5) is 0 Å². The summed E-state index contributed by atoms with van der Waals surface area (Å²) in [7, 11) is 0. The minimum atomic E-state index is 0.469. The maximum atomic E-state index is 10.8. The zero-order valence-corrected chi connectivity index (χ0v) is 22.3. The van der Waals surface area contributed by atoms with E-state index in [1.54, 1.807) is 6.07 Å². The van der Waals surface area contributed by atoms with Gasteiger partial charge >= 0.3 is 0 Å². The third-order valence-corrected chi connectivity index (χ3v) is 8.02. The van der Waals surface area contributed by atoms with Crippen molar-refractivity contribution in [3.05, 3.63) is 132 Å². The first-order chi connectivity index (χ1) is 20.8. The van der Waals surface area contributed by atoms with Crippen molar-refractivity contribution >= 4 is 43.9 Å². The quantitative estimate of drug-likeness (QED) is 0.225. The first-order valence-electron chi connectivity index (χ1n) is 13.6. The molecule has 0 unspecified atom stereocenters. The fourth-order valence-electron chi connectivity index (χ4n) is 6.16. The van der Waals surface area contributed by atoms with Crippen LogP contribution in [-0.4, -0.2) is 0 Å². The number of hydrogen-bond donors (Lipinski definition) is 0. The zero-order valence-electron chi connectivity index (χ0n) is 22.3. The number of rotatable bonds is 3. The van der Waals surface area contributed by atoms with Crippen LogP contribution in [0.1, 0.15) is 11.1 Å². The minimum absolute atomic E-state index is 0.469. The molecule has 8 aromatic rings. The molecular weight excluding hydrogens is 516 g/mol. The topological polar surface area (TPSA) is 73.9 Å². The van der Waals surface area contributed by atoms with Crippen molar-refractivity contribution in [2.24, 2.45) is 0 Å². The van der Waals surface area contributed by atoms with Gasteiger partial charge in [-0.3, -0.25) is 0 Å². The Labute approximate surface area is 240 Å². The van der Waals surface area contributed by atoms with Gasteiger partial charge in [0.2, 0.25) is 0 Å². The minimum Gasteiger partial charge on any atom is -0.455 e. The lowest BCUT2D eigenvalue weighted by molar-refractivity contribution is 0.669. The van der Waals surface area contributed by atoms with Gasteiger partial charge in [0.15, 0.2) is 0 Å². The third-order valence-electron chi connectivity index (χ3n) is 8.02. The van der Waals surface area contributed by atoms with Gasteiger partial charge < -0.3 is 8.83 Å². The molecule has 0 N–H and O–H groups in total. The number of fused-ring (bicyclic) bond motifs is 6. The molecule has 2 heterocycles. The summed E-state index contributed by atoms with van der Waals surface area (Å²) in [5.74, 6) is 0. The van der Waals surface area contributed by atoms with Crippen molar-refractivity contribution in [3.8, 4) is 45.5 Å². The third kappa shape index (κ3) is 3.40. The van der Waals surface area contributed by atoms with Crippen molar-refractivity contribution in [1.29, 1.82) is 10.5 Å². The van der Waals surface area contributed by atoms with Gasteiger partial charge in [0.1, 0.15) is 28.4 Å². The van der Waals surface area contributed by atoms with Gasteiger partial charge in [-0.15, -0.1) is 0 Å². The van der Waals surface area contributed by atoms with Gasteiger partial charge in [-0.2, -0.15) is 10.5 Å². The highest BCUT2D eigenvalue weighted by molar-refractivity contribution is 6.13. The van der Waals surface area contributed by atoms with Crippen LogP contribution in [0.3, 0.4) is 0 Å². The molecule has 0 amide bonds. The Kier molecular flexibility index (Phi) is 5.22. The standard InChI is InChI=1S/C38H20N2O2/c39-21-23-9-1-2-10-24(23)36-28(32-16-8-15-31-27-12-4-6-18-35(27)42-38(31)32)20-19-25(33(36)22-40)29-13-7-14-30-26-11-3-5-17-34(26)41-37(29)30/h1-20H. The molecule has 2 aromatic heterocycles. The van der Waals surface area contributed by atoms with E-state index in [2.05, 4.69) is 24.3 Å². The molecule has 4 heteroatoms. The van der Waals surface area contributed by atoms with Gasteiger partial charge in [0.05, 0.1) is 17.2 Å². The highest BCUT2D eigenvalue weighted by atomic mass is 16.3. The summed E-state index contributed by atoms with van der Waals surface area (Å²) in [6, 6.07) is 44.3. The molecule has 4 nitrogen and oxygen atoms in total. The van der Waals surface area contributed by atoms with Gasteiger partial charge in [-0.25, -0.2) is 0 Å². The van der Waals surface area contributed by atoms with Crippen LogP contribution < -0.4 is 0 Å². The van der Waals surface area contributed by atoms with Crippen LogP contribution in [0.15, 0.2) is 130 Å². The van der Waals surface area contributed by atoms with Crippen LogP contribution in [0, 0.1) is 22.7 Å².